The summed E-state index contributed by atoms with van der Waals surface area (Å²) in [5.41, 5.74) is 0.429. The smallest absolute Gasteiger partial charge is 0.254 e. The van der Waals surface area contributed by atoms with E-state index in [9.17, 15) is 13.2 Å². The highest BCUT2D eigenvalue weighted by Crippen LogP contribution is 2.21. The highest BCUT2D eigenvalue weighted by molar-refractivity contribution is 8.00. The number of nitrogens with zero attached hydrogens (tertiary/aromatic N) is 1. The lowest BCUT2D eigenvalue weighted by atomic mass is 10.2. The summed E-state index contributed by atoms with van der Waals surface area (Å²) < 4.78 is 35.4. The van der Waals surface area contributed by atoms with Crippen molar-refractivity contribution in [2.75, 3.05) is 31.3 Å². The van der Waals surface area contributed by atoms with Gasteiger partial charge in [0, 0.05) is 24.9 Å². The molecule has 7 nitrogen and oxygen atoms in total. The number of amides is 1. The number of sulfone groups is 1. The molecule has 1 aromatic heterocycles. The lowest BCUT2D eigenvalue weighted by Gasteiger charge is -2.11. The molecule has 0 saturated carbocycles. The molecular weight excluding hydrogens is 400 g/mol. The first-order valence-electron chi connectivity index (χ1n) is 8.93. The lowest BCUT2D eigenvalue weighted by molar-refractivity contribution is -0.0455. The maximum absolute atomic E-state index is 12.5. The second-order valence-corrected chi connectivity index (χ2v) is 9.24. The fourth-order valence-corrected chi connectivity index (χ4v) is 5.31. The van der Waals surface area contributed by atoms with Gasteiger partial charge in [-0.1, -0.05) is 18.2 Å². The van der Waals surface area contributed by atoms with E-state index < -0.39 is 9.84 Å². The number of thioether (sulfide) groups is 1. The Morgan fingerprint density at radius 1 is 1.14 bits per heavy atom. The molecule has 2 aromatic rings. The van der Waals surface area contributed by atoms with Crippen LogP contribution in [0.2, 0.25) is 0 Å². The zero-order chi connectivity index (χ0) is 19.8. The van der Waals surface area contributed by atoms with Crippen molar-refractivity contribution in [3.63, 3.8) is 0 Å². The Kier molecular flexibility index (Phi) is 7.43. The number of benzene rings is 1. The van der Waals surface area contributed by atoms with Crippen molar-refractivity contribution in [2.24, 2.45) is 0 Å². The predicted octanol–water partition coefficient (Wildman–Crippen LogP) is 2.14. The first kappa shape index (κ1) is 20.8. The molecule has 1 fully saturated rings. The van der Waals surface area contributed by atoms with Gasteiger partial charge in [0.1, 0.15) is 5.03 Å². The maximum atomic E-state index is 12.5. The molecule has 1 amide bonds. The predicted molar refractivity (Wildman–Crippen MR) is 106 cm³/mol. The monoisotopic (exact) mass is 422 g/mol. The van der Waals surface area contributed by atoms with Crippen LogP contribution in [0, 0.1) is 0 Å². The van der Waals surface area contributed by atoms with Gasteiger partial charge in [-0.05, 0) is 24.3 Å². The van der Waals surface area contributed by atoms with Gasteiger partial charge in [-0.15, -0.1) is 11.8 Å². The summed E-state index contributed by atoms with van der Waals surface area (Å²) in [6.45, 7) is 1.58. The molecule has 150 valence electrons. The van der Waals surface area contributed by atoms with Gasteiger partial charge in [-0.3, -0.25) is 4.79 Å². The average molecular weight is 423 g/mol. The minimum atomic E-state index is -3.36. The standard InChI is InChI=1S/C19H22N2O5S2/c22-18(20-10-8-17-25-11-12-26-17)16-7-4-9-21-19(16)27-13-14-28(23,24)15-5-2-1-3-6-15/h1-7,9,17H,8,10-14H2,(H,20,22). The second-order valence-electron chi connectivity index (χ2n) is 6.05. The zero-order valence-electron chi connectivity index (χ0n) is 15.2. The molecule has 0 atom stereocenters. The molecule has 1 aliphatic rings. The van der Waals surface area contributed by atoms with E-state index in [0.717, 1.165) is 0 Å². The van der Waals surface area contributed by atoms with Gasteiger partial charge >= 0.3 is 0 Å². The van der Waals surface area contributed by atoms with E-state index >= 15 is 0 Å². The SMILES string of the molecule is O=C(NCCC1OCCO1)c1cccnc1SCCS(=O)(=O)c1ccccc1. The Balaban J connectivity index is 1.53. The average Bonchev–Trinajstić information content (AvgIpc) is 3.22. The van der Waals surface area contributed by atoms with E-state index in [1.54, 1.807) is 48.7 Å². The van der Waals surface area contributed by atoms with Crippen molar-refractivity contribution in [1.29, 1.82) is 0 Å². The van der Waals surface area contributed by atoms with Crippen molar-refractivity contribution in [1.82, 2.24) is 10.3 Å². The molecule has 2 heterocycles. The molecule has 0 spiro atoms. The van der Waals surface area contributed by atoms with E-state index in [1.165, 1.54) is 11.8 Å². The van der Waals surface area contributed by atoms with Gasteiger partial charge in [-0.25, -0.2) is 13.4 Å². The van der Waals surface area contributed by atoms with Gasteiger partial charge in [0.05, 0.1) is 29.4 Å². The highest BCUT2D eigenvalue weighted by atomic mass is 32.2. The van der Waals surface area contributed by atoms with Gasteiger partial charge < -0.3 is 14.8 Å². The Morgan fingerprint density at radius 3 is 2.64 bits per heavy atom. The summed E-state index contributed by atoms with van der Waals surface area (Å²) in [6, 6.07) is 11.7. The van der Waals surface area contributed by atoms with E-state index in [0.29, 0.717) is 47.4 Å². The molecular formula is C19H22N2O5S2. The van der Waals surface area contributed by atoms with Crippen molar-refractivity contribution >= 4 is 27.5 Å². The van der Waals surface area contributed by atoms with Gasteiger partial charge in [0.15, 0.2) is 16.1 Å². The summed E-state index contributed by atoms with van der Waals surface area (Å²) in [5.74, 6) is 0.0213. The minimum absolute atomic E-state index is 0.0321. The number of rotatable bonds is 9. The molecule has 0 radical (unpaired) electrons. The number of hydrogen-bond donors (Lipinski definition) is 1. The Hall–Kier alpha value is -1.94. The molecule has 28 heavy (non-hydrogen) atoms. The van der Waals surface area contributed by atoms with Crippen LogP contribution in [0.1, 0.15) is 16.8 Å². The molecule has 1 aliphatic heterocycles. The number of ether oxygens (including phenoxy) is 2. The third kappa shape index (κ3) is 5.78. The maximum Gasteiger partial charge on any atom is 0.254 e. The summed E-state index contributed by atoms with van der Waals surface area (Å²) >= 11 is 1.26. The van der Waals surface area contributed by atoms with Crippen LogP contribution in [-0.4, -0.2) is 56.9 Å². The van der Waals surface area contributed by atoms with Crippen LogP contribution in [0.15, 0.2) is 58.6 Å². The third-order valence-corrected chi connectivity index (χ3v) is 7.06. The Bertz CT molecular complexity index is 884. The number of nitrogens with one attached hydrogen (secondary N) is 1. The molecule has 1 saturated heterocycles. The normalized spacial score (nSPS) is 14.9. The van der Waals surface area contributed by atoms with Crippen LogP contribution in [-0.2, 0) is 19.3 Å². The lowest BCUT2D eigenvalue weighted by Crippen LogP contribution is -2.28. The van der Waals surface area contributed by atoms with Crippen LogP contribution in [0.4, 0.5) is 0 Å². The van der Waals surface area contributed by atoms with Crippen LogP contribution in [0.5, 0.6) is 0 Å². The van der Waals surface area contributed by atoms with Crippen LogP contribution < -0.4 is 5.32 Å². The molecule has 1 N–H and O–H groups in total. The number of pyridine rings is 1. The number of carbonyl (C=O) groups excluding carboxylic acids is 1. The van der Waals surface area contributed by atoms with E-state index in [-0.39, 0.29) is 18.0 Å². The van der Waals surface area contributed by atoms with E-state index in [4.69, 9.17) is 9.47 Å². The third-order valence-electron chi connectivity index (χ3n) is 4.07. The topological polar surface area (TPSA) is 94.6 Å². The van der Waals surface area contributed by atoms with Gasteiger partial charge in [-0.2, -0.15) is 0 Å². The molecule has 9 heteroatoms. The van der Waals surface area contributed by atoms with E-state index in [1.807, 2.05) is 0 Å². The molecule has 1 aromatic carbocycles. The summed E-state index contributed by atoms with van der Waals surface area (Å²) in [7, 11) is -3.36. The fourth-order valence-electron chi connectivity index (χ4n) is 2.65. The largest absolute Gasteiger partial charge is 0.352 e. The number of carbonyl (C=O) groups is 1. The highest BCUT2D eigenvalue weighted by Gasteiger charge is 2.18. The molecule has 0 unspecified atom stereocenters. The van der Waals surface area contributed by atoms with Crippen LogP contribution >= 0.6 is 11.8 Å². The van der Waals surface area contributed by atoms with Gasteiger partial charge in [0.25, 0.3) is 5.91 Å². The van der Waals surface area contributed by atoms with Crippen molar-refractivity contribution in [2.45, 2.75) is 22.6 Å². The first-order valence-corrected chi connectivity index (χ1v) is 11.6. The van der Waals surface area contributed by atoms with Crippen molar-refractivity contribution < 1.29 is 22.7 Å². The second kappa shape index (κ2) is 10.0. The molecule has 0 aliphatic carbocycles. The van der Waals surface area contributed by atoms with Crippen molar-refractivity contribution in [3.05, 3.63) is 54.2 Å². The number of hydrogen-bond acceptors (Lipinski definition) is 7. The molecule has 3 rings (SSSR count). The van der Waals surface area contributed by atoms with Crippen molar-refractivity contribution in [3.8, 4) is 0 Å². The summed E-state index contributed by atoms with van der Waals surface area (Å²) in [4.78, 5) is 17.0. The molecule has 0 bridgehead atoms. The first-order chi connectivity index (χ1) is 13.6. The van der Waals surface area contributed by atoms with Gasteiger partial charge in [0.2, 0.25) is 0 Å². The Labute approximate surface area is 168 Å². The minimum Gasteiger partial charge on any atom is -0.352 e. The Morgan fingerprint density at radius 2 is 1.89 bits per heavy atom. The summed E-state index contributed by atoms with van der Waals surface area (Å²) in [6.07, 6.45) is 1.89. The van der Waals surface area contributed by atoms with E-state index in [2.05, 4.69) is 10.3 Å². The van der Waals surface area contributed by atoms with Crippen LogP contribution in [0.25, 0.3) is 0 Å². The van der Waals surface area contributed by atoms with Crippen LogP contribution in [0.3, 0.4) is 0 Å². The number of aromatic nitrogens is 1. The fraction of sp³-hybridized carbons (Fsp3) is 0.368. The quantitative estimate of drug-likeness (QED) is 0.619. The zero-order valence-corrected chi connectivity index (χ0v) is 16.9. The summed E-state index contributed by atoms with van der Waals surface area (Å²) in [5, 5.41) is 3.34.